The van der Waals surface area contributed by atoms with Crippen molar-refractivity contribution in [2.45, 2.75) is 0 Å². The second kappa shape index (κ2) is 3.71. The lowest BCUT2D eigenvalue weighted by Gasteiger charge is -2.00. The summed E-state index contributed by atoms with van der Waals surface area (Å²) in [6.45, 7) is 0. The lowest BCUT2D eigenvalue weighted by molar-refractivity contribution is 0.413. The molecule has 2 N–H and O–H groups in total. The van der Waals surface area contributed by atoms with Gasteiger partial charge in [-0.25, -0.2) is 4.39 Å². The first-order valence-corrected chi connectivity index (χ1v) is 3.34. The minimum atomic E-state index is -0.370. The highest BCUT2D eigenvalue weighted by molar-refractivity contribution is 5.80. The molecule has 0 aromatic heterocycles. The Morgan fingerprint density at radius 1 is 1.58 bits per heavy atom. The number of methoxy groups -OCH3 is 1. The zero-order valence-corrected chi connectivity index (χ0v) is 6.62. The Bertz CT molecular complexity index is 299. The summed E-state index contributed by atoms with van der Waals surface area (Å²) in [6.07, 6.45) is 1.23. The van der Waals surface area contributed by atoms with Gasteiger partial charge in [0.05, 0.1) is 13.3 Å². The molecule has 12 heavy (non-hydrogen) atoms. The zero-order chi connectivity index (χ0) is 8.97. The number of nitrogens with two attached hydrogens (primary N) is 1. The highest BCUT2D eigenvalue weighted by Gasteiger charge is 2.00. The van der Waals surface area contributed by atoms with Gasteiger partial charge in [0.15, 0.2) is 0 Å². The van der Waals surface area contributed by atoms with E-state index < -0.39 is 0 Å². The number of benzene rings is 1. The highest BCUT2D eigenvalue weighted by Crippen LogP contribution is 2.14. The second-order valence-corrected chi connectivity index (χ2v) is 2.17. The van der Waals surface area contributed by atoms with Crippen LogP contribution in [0.2, 0.25) is 0 Å². The Balaban J connectivity index is 3.08. The van der Waals surface area contributed by atoms with E-state index in [9.17, 15) is 4.39 Å². The smallest absolute Gasteiger partial charge is 0.132 e. The molecule has 0 spiro atoms. The Morgan fingerprint density at radius 2 is 2.33 bits per heavy atom. The van der Waals surface area contributed by atoms with Crippen LogP contribution >= 0.6 is 0 Å². The average Bonchev–Trinajstić information content (AvgIpc) is 2.09. The van der Waals surface area contributed by atoms with Gasteiger partial charge < -0.3 is 10.6 Å². The lowest BCUT2D eigenvalue weighted by Crippen LogP contribution is -1.92. The van der Waals surface area contributed by atoms with Crippen LogP contribution in [0.25, 0.3) is 0 Å². The van der Waals surface area contributed by atoms with Crippen molar-refractivity contribution in [3.05, 3.63) is 29.6 Å². The molecule has 0 saturated heterocycles. The van der Waals surface area contributed by atoms with Gasteiger partial charge in [0, 0.05) is 5.56 Å². The number of rotatable bonds is 2. The summed E-state index contributed by atoms with van der Waals surface area (Å²) < 4.78 is 17.8. The van der Waals surface area contributed by atoms with Crippen molar-refractivity contribution in [3.8, 4) is 5.75 Å². The maximum atomic E-state index is 12.9. The van der Waals surface area contributed by atoms with Gasteiger partial charge in [-0.1, -0.05) is 0 Å². The summed E-state index contributed by atoms with van der Waals surface area (Å²) >= 11 is 0. The number of ether oxygens (including phenoxy) is 1. The van der Waals surface area contributed by atoms with E-state index in [0.717, 1.165) is 0 Å². The number of hydrogen-bond acceptors (Lipinski definition) is 3. The molecule has 0 fully saturated rings. The van der Waals surface area contributed by atoms with Crippen LogP contribution in [-0.4, -0.2) is 13.3 Å². The predicted molar refractivity (Wildman–Crippen MR) is 44.7 cm³/mol. The molecule has 64 valence electrons. The van der Waals surface area contributed by atoms with Gasteiger partial charge in [0.2, 0.25) is 0 Å². The SMILES string of the molecule is COc1ccc(F)c(C=NN)c1. The van der Waals surface area contributed by atoms with Crippen LogP contribution in [-0.2, 0) is 0 Å². The molecule has 0 amide bonds. The molecule has 0 aliphatic rings. The van der Waals surface area contributed by atoms with Crippen molar-refractivity contribution < 1.29 is 9.13 Å². The van der Waals surface area contributed by atoms with E-state index in [0.29, 0.717) is 11.3 Å². The topological polar surface area (TPSA) is 47.6 Å². The molecular weight excluding hydrogens is 159 g/mol. The van der Waals surface area contributed by atoms with Gasteiger partial charge in [-0.05, 0) is 18.2 Å². The fourth-order valence-corrected chi connectivity index (χ4v) is 0.828. The van der Waals surface area contributed by atoms with Crippen molar-refractivity contribution in [2.24, 2.45) is 10.9 Å². The number of hydrazone groups is 1. The van der Waals surface area contributed by atoms with E-state index >= 15 is 0 Å². The monoisotopic (exact) mass is 168 g/mol. The van der Waals surface area contributed by atoms with Gasteiger partial charge in [-0.3, -0.25) is 0 Å². The van der Waals surface area contributed by atoms with Gasteiger partial charge in [0.1, 0.15) is 11.6 Å². The van der Waals surface area contributed by atoms with Crippen molar-refractivity contribution >= 4 is 6.21 Å². The van der Waals surface area contributed by atoms with Crippen molar-refractivity contribution in [1.82, 2.24) is 0 Å². The largest absolute Gasteiger partial charge is 0.497 e. The number of nitrogens with zero attached hydrogens (tertiary/aromatic N) is 1. The standard InChI is InChI=1S/C8H9FN2O/c1-12-7-2-3-8(9)6(4-7)5-11-10/h2-5H,10H2,1H3. The van der Waals surface area contributed by atoms with Gasteiger partial charge in [0.25, 0.3) is 0 Å². The summed E-state index contributed by atoms with van der Waals surface area (Å²) in [7, 11) is 1.51. The van der Waals surface area contributed by atoms with Gasteiger partial charge >= 0.3 is 0 Å². The van der Waals surface area contributed by atoms with Crippen LogP contribution in [0.1, 0.15) is 5.56 Å². The molecule has 0 heterocycles. The Labute approximate surface area is 69.6 Å². The van der Waals surface area contributed by atoms with Crippen LogP contribution in [0, 0.1) is 5.82 Å². The summed E-state index contributed by atoms with van der Waals surface area (Å²) in [5, 5.41) is 3.22. The third-order valence-corrected chi connectivity index (χ3v) is 1.42. The second-order valence-electron chi connectivity index (χ2n) is 2.17. The van der Waals surface area contributed by atoms with Crippen LogP contribution in [0.3, 0.4) is 0 Å². The summed E-state index contributed by atoms with van der Waals surface area (Å²) in [5.41, 5.74) is 0.317. The van der Waals surface area contributed by atoms with E-state index in [1.807, 2.05) is 0 Å². The minimum absolute atomic E-state index is 0.317. The molecule has 0 atom stereocenters. The summed E-state index contributed by atoms with van der Waals surface area (Å²) in [5.74, 6) is 5.09. The average molecular weight is 168 g/mol. The van der Waals surface area contributed by atoms with E-state index in [4.69, 9.17) is 10.6 Å². The molecule has 3 nitrogen and oxygen atoms in total. The van der Waals surface area contributed by atoms with Gasteiger partial charge in [-0.2, -0.15) is 5.10 Å². The van der Waals surface area contributed by atoms with Crippen LogP contribution in [0.15, 0.2) is 23.3 Å². The van der Waals surface area contributed by atoms with Crippen molar-refractivity contribution in [3.63, 3.8) is 0 Å². The molecule has 1 aromatic carbocycles. The van der Waals surface area contributed by atoms with Crippen LogP contribution in [0.4, 0.5) is 4.39 Å². The van der Waals surface area contributed by atoms with Gasteiger partial charge in [-0.15, -0.1) is 0 Å². The van der Waals surface area contributed by atoms with E-state index in [1.165, 1.54) is 31.5 Å². The van der Waals surface area contributed by atoms with Crippen molar-refractivity contribution in [1.29, 1.82) is 0 Å². The van der Waals surface area contributed by atoms with Crippen LogP contribution < -0.4 is 10.6 Å². The maximum Gasteiger partial charge on any atom is 0.132 e. The molecule has 1 aromatic rings. The third-order valence-electron chi connectivity index (χ3n) is 1.42. The molecule has 1 rings (SSSR count). The van der Waals surface area contributed by atoms with E-state index in [1.54, 1.807) is 0 Å². The summed E-state index contributed by atoms with van der Waals surface area (Å²) in [6, 6.07) is 4.35. The van der Waals surface area contributed by atoms with Crippen LogP contribution in [0.5, 0.6) is 5.75 Å². The Morgan fingerprint density at radius 3 is 2.92 bits per heavy atom. The molecule has 0 radical (unpaired) electrons. The number of halogens is 1. The fourth-order valence-electron chi connectivity index (χ4n) is 0.828. The van der Waals surface area contributed by atoms with Crippen molar-refractivity contribution in [2.75, 3.05) is 7.11 Å². The highest BCUT2D eigenvalue weighted by atomic mass is 19.1. The minimum Gasteiger partial charge on any atom is -0.497 e. The molecule has 0 bridgehead atoms. The first-order valence-electron chi connectivity index (χ1n) is 3.34. The number of hydrogen-bond donors (Lipinski definition) is 1. The van der Waals surface area contributed by atoms with E-state index in [2.05, 4.69) is 5.10 Å². The molecule has 0 saturated carbocycles. The predicted octanol–water partition coefficient (Wildman–Crippen LogP) is 1.13. The maximum absolute atomic E-state index is 12.9. The van der Waals surface area contributed by atoms with E-state index in [-0.39, 0.29) is 5.82 Å². The quantitative estimate of drug-likeness (QED) is 0.408. The lowest BCUT2D eigenvalue weighted by atomic mass is 10.2. The molecule has 0 unspecified atom stereocenters. The molecule has 0 aliphatic heterocycles. The summed E-state index contributed by atoms with van der Waals surface area (Å²) in [4.78, 5) is 0. The third kappa shape index (κ3) is 1.72. The first-order chi connectivity index (χ1) is 5.77. The molecule has 0 aliphatic carbocycles. The fraction of sp³-hybridized carbons (Fsp3) is 0.125. The normalized spacial score (nSPS) is 10.5. The first kappa shape index (κ1) is 8.52. The Kier molecular flexibility index (Phi) is 2.63. The Hall–Kier alpha value is -1.58. The zero-order valence-electron chi connectivity index (χ0n) is 6.62. The molecular formula is C8H9FN2O. The molecule has 4 heteroatoms.